The third-order valence-corrected chi connectivity index (χ3v) is 5.77. The predicted molar refractivity (Wildman–Crippen MR) is 130 cm³/mol. The number of nitrogen functional groups attached to an aromatic ring is 2. The number of benzene rings is 3. The van der Waals surface area contributed by atoms with Gasteiger partial charge in [0, 0.05) is 10.9 Å². The molecule has 7 nitrogen and oxygen atoms in total. The lowest BCUT2D eigenvalue weighted by atomic mass is 10.1. The molecule has 0 saturated carbocycles. The van der Waals surface area contributed by atoms with Gasteiger partial charge in [0.25, 0.3) is 0 Å². The Kier molecular flexibility index (Phi) is 5.24. The van der Waals surface area contributed by atoms with Crippen LogP contribution in [-0.2, 0) is 0 Å². The van der Waals surface area contributed by atoms with E-state index in [1.807, 2.05) is 13.8 Å². The maximum Gasteiger partial charge on any atom is 0.214 e. The summed E-state index contributed by atoms with van der Waals surface area (Å²) in [5, 5.41) is 4.86. The van der Waals surface area contributed by atoms with Gasteiger partial charge in [-0.1, -0.05) is 12.1 Å². The van der Waals surface area contributed by atoms with Crippen molar-refractivity contribution in [3.05, 3.63) is 94.8 Å². The summed E-state index contributed by atoms with van der Waals surface area (Å²) >= 11 is 0. The van der Waals surface area contributed by atoms with Crippen LogP contribution in [-0.4, -0.2) is 20.5 Å². The number of carbonyl (C=O) groups is 1. The third kappa shape index (κ3) is 3.86. The molecule has 5 aromatic rings. The topological polar surface area (TPSA) is 112 Å². The van der Waals surface area contributed by atoms with Crippen LogP contribution in [0.5, 0.6) is 11.5 Å². The van der Waals surface area contributed by atoms with E-state index in [9.17, 15) is 13.6 Å². The average molecular weight is 473 g/mol. The van der Waals surface area contributed by atoms with Crippen molar-refractivity contribution in [2.24, 2.45) is 0 Å². The summed E-state index contributed by atoms with van der Waals surface area (Å²) in [7, 11) is 0. The fourth-order valence-electron chi connectivity index (χ4n) is 4.11. The van der Waals surface area contributed by atoms with Crippen LogP contribution in [0, 0.1) is 25.5 Å². The van der Waals surface area contributed by atoms with E-state index >= 15 is 0 Å². The summed E-state index contributed by atoms with van der Waals surface area (Å²) < 4.78 is 35.0. The molecular weight excluding hydrogens is 452 g/mol. The number of nitrogens with zero attached hydrogens (tertiary/aromatic N) is 2. The molecule has 9 heteroatoms. The Morgan fingerprint density at radius 1 is 1.00 bits per heavy atom. The number of nitrogens with two attached hydrogens (primary N) is 2. The first-order valence-corrected chi connectivity index (χ1v) is 10.7. The van der Waals surface area contributed by atoms with Crippen LogP contribution < -0.4 is 16.2 Å². The second kappa shape index (κ2) is 8.28. The number of aryl methyl sites for hydroxylation is 2. The Bertz CT molecular complexity index is 1560. The Hall–Kier alpha value is -4.66. The molecule has 0 spiro atoms. The number of aromatic amines is 1. The number of hydrogen-bond acceptors (Lipinski definition) is 5. The standard InChI is InChI=1S/C26H21F2N5O2/c1-13-7-16(35-23-6-4-3-5-18(23)27)8-14(2)24(13)33-26(30)17(12-31-33)25(34)22-10-15-9-19(28)20(29)11-21(15)32-22/h3-12,32H,29-30H2,1-2H3. The molecule has 0 fully saturated rings. The van der Waals surface area contributed by atoms with Gasteiger partial charge in [0.1, 0.15) is 17.4 Å². The molecule has 0 aliphatic rings. The first-order valence-electron chi connectivity index (χ1n) is 10.7. The van der Waals surface area contributed by atoms with Gasteiger partial charge in [-0.05, 0) is 67.4 Å². The number of nitrogens with one attached hydrogen (secondary N) is 1. The predicted octanol–water partition coefficient (Wildman–Crippen LogP) is 5.44. The zero-order chi connectivity index (χ0) is 24.9. The summed E-state index contributed by atoms with van der Waals surface area (Å²) in [5.41, 5.74) is 15.1. The van der Waals surface area contributed by atoms with Gasteiger partial charge in [-0.2, -0.15) is 5.10 Å². The molecule has 0 unspecified atom stereocenters. The first-order chi connectivity index (χ1) is 16.7. The third-order valence-electron chi connectivity index (χ3n) is 5.77. The van der Waals surface area contributed by atoms with Crippen molar-refractivity contribution in [1.29, 1.82) is 0 Å². The van der Waals surface area contributed by atoms with Crippen LogP contribution in [0.2, 0.25) is 0 Å². The van der Waals surface area contributed by atoms with Crippen LogP contribution in [0.4, 0.5) is 20.3 Å². The van der Waals surface area contributed by atoms with Crippen LogP contribution in [0.25, 0.3) is 16.6 Å². The number of ketones is 1. The second-order valence-corrected chi connectivity index (χ2v) is 8.27. The highest BCUT2D eigenvalue weighted by Gasteiger charge is 2.22. The van der Waals surface area contributed by atoms with Crippen molar-refractivity contribution >= 4 is 28.2 Å². The van der Waals surface area contributed by atoms with Gasteiger partial charge >= 0.3 is 0 Å². The van der Waals surface area contributed by atoms with Gasteiger partial charge in [0.2, 0.25) is 5.78 Å². The van der Waals surface area contributed by atoms with Crippen molar-refractivity contribution in [1.82, 2.24) is 14.8 Å². The number of anilines is 2. The highest BCUT2D eigenvalue weighted by Crippen LogP contribution is 2.32. The molecule has 0 radical (unpaired) electrons. The summed E-state index contributed by atoms with van der Waals surface area (Å²) in [5.74, 6) is -0.692. The van der Waals surface area contributed by atoms with E-state index in [-0.39, 0.29) is 28.5 Å². The average Bonchev–Trinajstić information content (AvgIpc) is 3.38. The molecule has 5 N–H and O–H groups in total. The lowest BCUT2D eigenvalue weighted by molar-refractivity contribution is 0.103. The van der Waals surface area contributed by atoms with Gasteiger partial charge in [-0.25, -0.2) is 13.5 Å². The molecular formula is C26H21F2N5O2. The van der Waals surface area contributed by atoms with Crippen LogP contribution in [0.15, 0.2) is 60.8 Å². The minimum Gasteiger partial charge on any atom is -0.454 e. The molecule has 3 aromatic carbocycles. The van der Waals surface area contributed by atoms with E-state index in [4.69, 9.17) is 16.2 Å². The van der Waals surface area contributed by atoms with Gasteiger partial charge in [-0.3, -0.25) is 4.79 Å². The minimum atomic E-state index is -0.559. The Morgan fingerprint density at radius 3 is 2.43 bits per heavy atom. The summed E-state index contributed by atoms with van der Waals surface area (Å²) in [4.78, 5) is 16.1. The van der Waals surface area contributed by atoms with Gasteiger partial charge in [-0.15, -0.1) is 0 Å². The maximum absolute atomic E-state index is 14.0. The smallest absolute Gasteiger partial charge is 0.214 e. The van der Waals surface area contributed by atoms with Crippen molar-refractivity contribution in [2.75, 3.05) is 11.5 Å². The molecule has 5 rings (SSSR count). The van der Waals surface area contributed by atoms with E-state index in [1.165, 1.54) is 29.1 Å². The molecule has 35 heavy (non-hydrogen) atoms. The summed E-state index contributed by atoms with van der Waals surface area (Å²) in [6.07, 6.45) is 1.39. The second-order valence-electron chi connectivity index (χ2n) is 8.27. The maximum atomic E-state index is 14.0. The zero-order valence-electron chi connectivity index (χ0n) is 18.9. The molecule has 0 bridgehead atoms. The number of fused-ring (bicyclic) bond motifs is 1. The van der Waals surface area contributed by atoms with Crippen LogP contribution >= 0.6 is 0 Å². The molecule has 0 amide bonds. The number of rotatable bonds is 5. The number of halogens is 2. The molecule has 0 aliphatic heterocycles. The summed E-state index contributed by atoms with van der Waals surface area (Å²) in [6, 6.07) is 13.9. The molecule has 2 aromatic heterocycles. The SMILES string of the molecule is Cc1cc(Oc2ccccc2F)cc(C)c1-n1ncc(C(=O)c2cc3cc(F)c(N)cc3[nH]2)c1N. The Labute approximate surface area is 198 Å². The largest absolute Gasteiger partial charge is 0.454 e. The number of carbonyl (C=O) groups excluding carboxylic acids is 1. The first kappa shape index (κ1) is 22.1. The lowest BCUT2D eigenvalue weighted by Gasteiger charge is -2.15. The minimum absolute atomic E-state index is 0.0148. The molecule has 0 saturated heterocycles. The highest BCUT2D eigenvalue weighted by molar-refractivity contribution is 6.12. The van der Waals surface area contributed by atoms with Gasteiger partial charge in [0.15, 0.2) is 11.6 Å². The Morgan fingerprint density at radius 2 is 1.71 bits per heavy atom. The van der Waals surface area contributed by atoms with E-state index in [0.717, 1.165) is 11.1 Å². The quantitative estimate of drug-likeness (QED) is 0.233. The highest BCUT2D eigenvalue weighted by atomic mass is 19.1. The van der Waals surface area contributed by atoms with Crippen molar-refractivity contribution in [3.8, 4) is 17.2 Å². The van der Waals surface area contributed by atoms with E-state index in [0.29, 0.717) is 22.3 Å². The normalized spacial score (nSPS) is 11.2. The lowest BCUT2D eigenvalue weighted by Crippen LogP contribution is -2.09. The molecule has 0 atom stereocenters. The Balaban J connectivity index is 1.48. The number of hydrogen-bond donors (Lipinski definition) is 3. The fraction of sp³-hybridized carbons (Fsp3) is 0.0769. The molecule has 2 heterocycles. The fourth-order valence-corrected chi connectivity index (χ4v) is 4.11. The van der Waals surface area contributed by atoms with E-state index in [2.05, 4.69) is 10.1 Å². The number of aromatic nitrogens is 3. The monoisotopic (exact) mass is 473 g/mol. The van der Waals surface area contributed by atoms with E-state index in [1.54, 1.807) is 36.4 Å². The van der Waals surface area contributed by atoms with Crippen LogP contribution in [0.1, 0.15) is 27.2 Å². The van der Waals surface area contributed by atoms with E-state index < -0.39 is 17.4 Å². The number of para-hydroxylation sites is 1. The number of H-pyrrole nitrogens is 1. The zero-order valence-corrected chi connectivity index (χ0v) is 18.9. The van der Waals surface area contributed by atoms with Crippen molar-refractivity contribution < 1.29 is 18.3 Å². The van der Waals surface area contributed by atoms with Crippen molar-refractivity contribution in [2.45, 2.75) is 13.8 Å². The van der Waals surface area contributed by atoms with Crippen molar-refractivity contribution in [3.63, 3.8) is 0 Å². The summed E-state index contributed by atoms with van der Waals surface area (Å²) in [6.45, 7) is 3.69. The van der Waals surface area contributed by atoms with Gasteiger partial charge in [0.05, 0.1) is 28.8 Å². The van der Waals surface area contributed by atoms with Crippen LogP contribution in [0.3, 0.4) is 0 Å². The number of ether oxygens (including phenoxy) is 1. The van der Waals surface area contributed by atoms with Gasteiger partial charge < -0.3 is 21.2 Å². The molecule has 0 aliphatic carbocycles. The molecule has 176 valence electrons.